The van der Waals surface area contributed by atoms with Gasteiger partial charge >= 0.3 is 5.97 Å². The molecule has 1 aromatic heterocycles. The summed E-state index contributed by atoms with van der Waals surface area (Å²) in [6.07, 6.45) is 0. The molecular weight excluding hydrogens is 355 g/mol. The van der Waals surface area contributed by atoms with Crippen molar-refractivity contribution < 1.29 is 18.7 Å². The van der Waals surface area contributed by atoms with E-state index in [1.54, 1.807) is 35.8 Å². The summed E-state index contributed by atoms with van der Waals surface area (Å²) in [4.78, 5) is 28.9. The molecular formula is C19H17FN2O3S. The Morgan fingerprint density at radius 3 is 2.77 bits per heavy atom. The summed E-state index contributed by atoms with van der Waals surface area (Å²) in [7, 11) is 0. The van der Waals surface area contributed by atoms with Gasteiger partial charge in [-0.2, -0.15) is 4.99 Å². The van der Waals surface area contributed by atoms with Crippen LogP contribution in [0.15, 0.2) is 47.5 Å². The van der Waals surface area contributed by atoms with Crippen molar-refractivity contribution in [2.45, 2.75) is 20.4 Å². The van der Waals surface area contributed by atoms with Gasteiger partial charge in [0, 0.05) is 5.56 Å². The van der Waals surface area contributed by atoms with Crippen LogP contribution >= 0.6 is 11.3 Å². The Labute approximate surface area is 153 Å². The van der Waals surface area contributed by atoms with Crippen LogP contribution < -0.4 is 4.80 Å². The maximum absolute atomic E-state index is 13.5. The first-order valence-electron chi connectivity index (χ1n) is 8.08. The number of aromatic nitrogens is 1. The highest BCUT2D eigenvalue weighted by molar-refractivity contribution is 7.16. The van der Waals surface area contributed by atoms with E-state index in [-0.39, 0.29) is 13.2 Å². The van der Waals surface area contributed by atoms with Crippen LogP contribution in [-0.4, -0.2) is 23.1 Å². The fourth-order valence-electron chi connectivity index (χ4n) is 2.55. The maximum atomic E-state index is 13.5. The molecule has 5 nitrogen and oxygen atoms in total. The van der Waals surface area contributed by atoms with Crippen molar-refractivity contribution in [1.82, 2.24) is 4.57 Å². The normalized spacial score (nSPS) is 11.7. The standard InChI is InChI=1S/C19H17FN2O3S/c1-3-25-17(23)11-22-15-8-7-14(20)10-16(15)26-19(22)21-18(24)13-6-4-5-12(2)9-13/h4-10H,3,11H2,1-2H3. The zero-order valence-corrected chi connectivity index (χ0v) is 15.2. The highest BCUT2D eigenvalue weighted by Gasteiger charge is 2.13. The molecule has 1 heterocycles. The third-order valence-corrected chi connectivity index (χ3v) is 4.74. The monoisotopic (exact) mass is 372 g/mol. The minimum Gasteiger partial charge on any atom is -0.465 e. The number of thiazole rings is 1. The number of amides is 1. The number of fused-ring (bicyclic) bond motifs is 1. The number of hydrogen-bond acceptors (Lipinski definition) is 4. The van der Waals surface area contributed by atoms with Crippen LogP contribution in [0.3, 0.4) is 0 Å². The van der Waals surface area contributed by atoms with E-state index in [0.717, 1.165) is 16.9 Å². The van der Waals surface area contributed by atoms with Crippen molar-refractivity contribution in [3.63, 3.8) is 0 Å². The number of nitrogens with zero attached hydrogens (tertiary/aromatic N) is 2. The fraction of sp³-hybridized carbons (Fsp3) is 0.211. The Morgan fingerprint density at radius 1 is 1.23 bits per heavy atom. The molecule has 7 heteroatoms. The van der Waals surface area contributed by atoms with E-state index < -0.39 is 17.7 Å². The van der Waals surface area contributed by atoms with E-state index in [0.29, 0.717) is 20.6 Å². The second-order valence-electron chi connectivity index (χ2n) is 5.67. The molecule has 0 radical (unpaired) electrons. The number of carbonyl (C=O) groups excluding carboxylic acids is 2. The lowest BCUT2D eigenvalue weighted by atomic mass is 10.1. The van der Waals surface area contributed by atoms with Gasteiger partial charge in [-0.15, -0.1) is 0 Å². The Kier molecular flexibility index (Phi) is 5.27. The number of carbonyl (C=O) groups is 2. The molecule has 0 atom stereocenters. The van der Waals surface area contributed by atoms with Crippen LogP contribution in [0.1, 0.15) is 22.8 Å². The van der Waals surface area contributed by atoms with Gasteiger partial charge < -0.3 is 9.30 Å². The summed E-state index contributed by atoms with van der Waals surface area (Å²) in [5.74, 6) is -1.25. The summed E-state index contributed by atoms with van der Waals surface area (Å²) < 4.78 is 20.7. The first kappa shape index (κ1) is 18.0. The van der Waals surface area contributed by atoms with E-state index in [4.69, 9.17) is 4.74 Å². The zero-order chi connectivity index (χ0) is 18.7. The second-order valence-corrected chi connectivity index (χ2v) is 6.68. The van der Waals surface area contributed by atoms with Crippen molar-refractivity contribution >= 4 is 33.4 Å². The predicted molar refractivity (Wildman–Crippen MR) is 97.5 cm³/mol. The Balaban J connectivity index is 2.11. The van der Waals surface area contributed by atoms with Crippen molar-refractivity contribution in [3.05, 3.63) is 64.2 Å². The van der Waals surface area contributed by atoms with Crippen LogP contribution in [0.25, 0.3) is 10.2 Å². The number of benzene rings is 2. The molecule has 0 N–H and O–H groups in total. The molecule has 0 bridgehead atoms. The van der Waals surface area contributed by atoms with Crippen LogP contribution in [-0.2, 0) is 16.1 Å². The van der Waals surface area contributed by atoms with Gasteiger partial charge in [-0.05, 0) is 44.2 Å². The van der Waals surface area contributed by atoms with Crippen molar-refractivity contribution in [2.24, 2.45) is 4.99 Å². The first-order chi connectivity index (χ1) is 12.5. The highest BCUT2D eigenvalue weighted by atomic mass is 32.1. The minimum absolute atomic E-state index is 0.0978. The number of halogens is 1. The number of ether oxygens (including phenoxy) is 1. The molecule has 3 aromatic rings. The van der Waals surface area contributed by atoms with Gasteiger partial charge in [-0.25, -0.2) is 4.39 Å². The third kappa shape index (κ3) is 3.88. The number of aryl methyl sites for hydroxylation is 1. The molecule has 0 spiro atoms. The minimum atomic E-state index is -0.444. The topological polar surface area (TPSA) is 60.7 Å². The van der Waals surface area contributed by atoms with Gasteiger partial charge in [0.05, 0.1) is 16.8 Å². The van der Waals surface area contributed by atoms with E-state index >= 15 is 0 Å². The number of hydrogen-bond donors (Lipinski definition) is 0. The summed E-state index contributed by atoms with van der Waals surface area (Å²) in [5.41, 5.74) is 2.03. The van der Waals surface area contributed by atoms with Crippen molar-refractivity contribution in [3.8, 4) is 0 Å². The predicted octanol–water partition coefficient (Wildman–Crippen LogP) is 3.45. The SMILES string of the molecule is CCOC(=O)Cn1c(=NC(=O)c2cccc(C)c2)sc2cc(F)ccc21. The molecule has 3 rings (SSSR count). The Hall–Kier alpha value is -2.80. The van der Waals surface area contributed by atoms with E-state index in [2.05, 4.69) is 4.99 Å². The van der Waals surface area contributed by atoms with Gasteiger partial charge in [-0.1, -0.05) is 29.0 Å². The second kappa shape index (κ2) is 7.61. The molecule has 0 saturated carbocycles. The molecule has 1 amide bonds. The lowest BCUT2D eigenvalue weighted by molar-refractivity contribution is -0.143. The van der Waals surface area contributed by atoms with Crippen LogP contribution in [0.5, 0.6) is 0 Å². The van der Waals surface area contributed by atoms with E-state index in [1.165, 1.54) is 12.1 Å². The van der Waals surface area contributed by atoms with Gasteiger partial charge in [0.25, 0.3) is 5.91 Å². The van der Waals surface area contributed by atoms with Crippen LogP contribution in [0, 0.1) is 12.7 Å². The molecule has 134 valence electrons. The highest BCUT2D eigenvalue weighted by Crippen LogP contribution is 2.19. The number of rotatable bonds is 4. The summed E-state index contributed by atoms with van der Waals surface area (Å²) in [5, 5.41) is 0. The molecule has 0 saturated heterocycles. The lowest BCUT2D eigenvalue weighted by Gasteiger charge is -2.05. The van der Waals surface area contributed by atoms with E-state index in [9.17, 15) is 14.0 Å². The largest absolute Gasteiger partial charge is 0.465 e. The Morgan fingerprint density at radius 2 is 2.04 bits per heavy atom. The average molecular weight is 372 g/mol. The van der Waals surface area contributed by atoms with Crippen molar-refractivity contribution in [2.75, 3.05) is 6.61 Å². The lowest BCUT2D eigenvalue weighted by Crippen LogP contribution is -2.23. The summed E-state index contributed by atoms with van der Waals surface area (Å²) in [6.45, 7) is 3.76. The molecule has 26 heavy (non-hydrogen) atoms. The van der Waals surface area contributed by atoms with Gasteiger partial charge in [0.2, 0.25) is 0 Å². The molecule has 0 unspecified atom stereocenters. The number of esters is 1. The molecule has 0 fully saturated rings. The third-order valence-electron chi connectivity index (χ3n) is 3.70. The molecule has 2 aromatic carbocycles. The van der Waals surface area contributed by atoms with Gasteiger partial charge in [0.15, 0.2) is 4.80 Å². The summed E-state index contributed by atoms with van der Waals surface area (Å²) >= 11 is 1.15. The quantitative estimate of drug-likeness (QED) is 0.659. The molecule has 0 aliphatic heterocycles. The van der Waals surface area contributed by atoms with E-state index in [1.807, 2.05) is 13.0 Å². The summed E-state index contributed by atoms with van der Waals surface area (Å²) in [6, 6.07) is 11.3. The fourth-order valence-corrected chi connectivity index (χ4v) is 3.60. The van der Waals surface area contributed by atoms with Gasteiger partial charge in [-0.3, -0.25) is 9.59 Å². The molecule has 0 aliphatic rings. The zero-order valence-electron chi connectivity index (χ0n) is 14.4. The maximum Gasteiger partial charge on any atom is 0.326 e. The van der Waals surface area contributed by atoms with Crippen LogP contribution in [0.4, 0.5) is 4.39 Å². The molecule has 0 aliphatic carbocycles. The average Bonchev–Trinajstić information content (AvgIpc) is 2.91. The smallest absolute Gasteiger partial charge is 0.326 e. The van der Waals surface area contributed by atoms with Crippen LogP contribution in [0.2, 0.25) is 0 Å². The first-order valence-corrected chi connectivity index (χ1v) is 8.90. The Bertz CT molecular complexity index is 1050. The van der Waals surface area contributed by atoms with Gasteiger partial charge in [0.1, 0.15) is 12.4 Å². The van der Waals surface area contributed by atoms with Crippen molar-refractivity contribution in [1.29, 1.82) is 0 Å².